The fourth-order valence-electron chi connectivity index (χ4n) is 0.856. The van der Waals surface area contributed by atoms with Gasteiger partial charge in [-0.15, -0.1) is 0 Å². The molecule has 2 heteroatoms. The fourth-order valence-corrected chi connectivity index (χ4v) is 0.856. The Labute approximate surface area is 66.0 Å². The molecule has 0 aliphatic rings. The zero-order chi connectivity index (χ0) is 8.10. The van der Waals surface area contributed by atoms with Crippen molar-refractivity contribution in [2.45, 2.75) is 6.42 Å². The van der Waals surface area contributed by atoms with Gasteiger partial charge in [-0.1, -0.05) is 30.3 Å². The molecular weight excluding hydrogens is 138 g/mol. The minimum atomic E-state index is -0.0452. The van der Waals surface area contributed by atoms with Gasteiger partial charge in [-0.05, 0) is 5.56 Å². The van der Waals surface area contributed by atoms with Crippen LogP contribution in [0, 0.1) is 6.54 Å². The van der Waals surface area contributed by atoms with E-state index in [1.54, 1.807) is 0 Å². The van der Waals surface area contributed by atoms with Crippen molar-refractivity contribution in [2.75, 3.05) is 0 Å². The highest BCUT2D eigenvalue weighted by atomic mass is 16.1. The molecule has 0 atom stereocenters. The van der Waals surface area contributed by atoms with Crippen molar-refractivity contribution < 1.29 is 4.79 Å². The van der Waals surface area contributed by atoms with Crippen LogP contribution in [0.4, 0.5) is 0 Å². The van der Waals surface area contributed by atoms with Crippen molar-refractivity contribution in [3.8, 4) is 0 Å². The summed E-state index contributed by atoms with van der Waals surface area (Å²) in [5.74, 6) is -0.0452. The quantitative estimate of drug-likeness (QED) is 0.692. The summed E-state index contributed by atoms with van der Waals surface area (Å²) < 4.78 is 0. The first-order valence-electron chi connectivity index (χ1n) is 3.44. The highest BCUT2D eigenvalue weighted by Gasteiger charge is 1.99. The maximum Gasteiger partial charge on any atom is 0.155 e. The van der Waals surface area contributed by atoms with Gasteiger partial charge in [-0.25, -0.2) is 0 Å². The number of ketones is 1. The van der Waals surface area contributed by atoms with Crippen LogP contribution in [-0.2, 0) is 11.2 Å². The lowest BCUT2D eigenvalue weighted by molar-refractivity contribution is -0.115. The lowest BCUT2D eigenvalue weighted by Crippen LogP contribution is -2.08. The van der Waals surface area contributed by atoms with E-state index in [2.05, 4.69) is 0 Å². The van der Waals surface area contributed by atoms with Crippen molar-refractivity contribution in [3.05, 3.63) is 42.4 Å². The first-order valence-corrected chi connectivity index (χ1v) is 3.44. The summed E-state index contributed by atoms with van der Waals surface area (Å²) in [4.78, 5) is 10.8. The second-order valence-corrected chi connectivity index (χ2v) is 2.30. The van der Waals surface area contributed by atoms with Crippen molar-refractivity contribution in [2.24, 2.45) is 5.73 Å². The average Bonchev–Trinajstić information content (AvgIpc) is 2.06. The summed E-state index contributed by atoms with van der Waals surface area (Å²) in [5, 5.41) is 0. The molecule has 0 saturated carbocycles. The van der Waals surface area contributed by atoms with Gasteiger partial charge in [0.15, 0.2) is 5.78 Å². The molecule has 0 fully saturated rings. The van der Waals surface area contributed by atoms with Gasteiger partial charge in [0.05, 0.1) is 6.54 Å². The summed E-state index contributed by atoms with van der Waals surface area (Å²) >= 11 is 0. The topological polar surface area (TPSA) is 43.1 Å². The number of benzene rings is 1. The third-order valence-corrected chi connectivity index (χ3v) is 1.41. The lowest BCUT2D eigenvalue weighted by atomic mass is 10.1. The summed E-state index contributed by atoms with van der Waals surface area (Å²) in [6, 6.07) is 9.53. The number of carbonyl (C=O) groups excluding carboxylic acids is 1. The molecule has 0 aliphatic heterocycles. The number of hydrogen-bond acceptors (Lipinski definition) is 2. The average molecular weight is 148 g/mol. The maximum absolute atomic E-state index is 10.8. The predicted octanol–water partition coefficient (Wildman–Crippen LogP) is 0.919. The van der Waals surface area contributed by atoms with Crippen molar-refractivity contribution in [1.29, 1.82) is 0 Å². The van der Waals surface area contributed by atoms with Crippen molar-refractivity contribution in [3.63, 3.8) is 0 Å². The molecule has 57 valence electrons. The van der Waals surface area contributed by atoms with Gasteiger partial charge in [-0.2, -0.15) is 0 Å². The van der Waals surface area contributed by atoms with Crippen LogP contribution >= 0.6 is 0 Å². The minimum Gasteiger partial charge on any atom is -0.320 e. The molecule has 0 spiro atoms. The molecule has 1 aromatic rings. The van der Waals surface area contributed by atoms with Crippen molar-refractivity contribution in [1.82, 2.24) is 0 Å². The van der Waals surface area contributed by atoms with Crippen LogP contribution in [0.25, 0.3) is 0 Å². The van der Waals surface area contributed by atoms with E-state index in [0.29, 0.717) is 6.42 Å². The summed E-state index contributed by atoms with van der Waals surface area (Å²) in [7, 11) is 0. The third kappa shape index (κ3) is 2.51. The molecular formula is C9H10NO. The maximum atomic E-state index is 10.8. The van der Waals surface area contributed by atoms with Gasteiger partial charge in [0.2, 0.25) is 0 Å². The van der Waals surface area contributed by atoms with E-state index in [1.807, 2.05) is 30.3 Å². The molecule has 0 bridgehead atoms. The molecule has 1 radical (unpaired) electrons. The van der Waals surface area contributed by atoms with Gasteiger partial charge in [0.25, 0.3) is 0 Å². The van der Waals surface area contributed by atoms with Crippen LogP contribution in [0.1, 0.15) is 5.56 Å². The van der Waals surface area contributed by atoms with Gasteiger partial charge >= 0.3 is 0 Å². The third-order valence-electron chi connectivity index (χ3n) is 1.41. The van der Waals surface area contributed by atoms with Gasteiger partial charge in [0.1, 0.15) is 0 Å². The minimum absolute atomic E-state index is 0.0452. The Balaban J connectivity index is 2.58. The smallest absolute Gasteiger partial charge is 0.155 e. The van der Waals surface area contributed by atoms with Crippen LogP contribution < -0.4 is 5.73 Å². The van der Waals surface area contributed by atoms with E-state index in [-0.39, 0.29) is 5.78 Å². The second-order valence-electron chi connectivity index (χ2n) is 2.30. The SMILES string of the molecule is N[CH]C(=O)Cc1ccccc1. The number of hydrogen-bond donors (Lipinski definition) is 1. The van der Waals surface area contributed by atoms with E-state index in [9.17, 15) is 4.79 Å². The van der Waals surface area contributed by atoms with Gasteiger partial charge in [0, 0.05) is 6.42 Å². The molecule has 2 N–H and O–H groups in total. The first kappa shape index (κ1) is 7.95. The first-order chi connectivity index (χ1) is 5.33. The number of nitrogens with two attached hydrogens (primary N) is 1. The van der Waals surface area contributed by atoms with Gasteiger partial charge in [-0.3, -0.25) is 4.79 Å². The Hall–Kier alpha value is -1.15. The molecule has 11 heavy (non-hydrogen) atoms. The lowest BCUT2D eigenvalue weighted by Gasteiger charge is -1.95. The largest absolute Gasteiger partial charge is 0.320 e. The van der Waals surface area contributed by atoms with Crippen molar-refractivity contribution >= 4 is 5.78 Å². The van der Waals surface area contributed by atoms with Crippen LogP contribution in [-0.4, -0.2) is 5.78 Å². The number of carbonyl (C=O) groups is 1. The standard InChI is InChI=1S/C9H10NO/c10-7-9(11)6-8-4-2-1-3-5-8/h1-5,7H,6,10H2. The van der Waals surface area contributed by atoms with Crippen LogP contribution in [0.5, 0.6) is 0 Å². The molecule has 0 heterocycles. The van der Waals surface area contributed by atoms with Gasteiger partial charge < -0.3 is 5.73 Å². The van der Waals surface area contributed by atoms with Crippen LogP contribution in [0.2, 0.25) is 0 Å². The number of Topliss-reactive ketones (excluding diaryl/α,β-unsaturated/α-hetero) is 1. The van der Waals surface area contributed by atoms with Crippen LogP contribution in [0.3, 0.4) is 0 Å². The Morgan fingerprint density at radius 1 is 1.36 bits per heavy atom. The molecule has 0 unspecified atom stereocenters. The second kappa shape index (κ2) is 3.88. The predicted molar refractivity (Wildman–Crippen MR) is 43.6 cm³/mol. The van der Waals surface area contributed by atoms with E-state index >= 15 is 0 Å². The summed E-state index contributed by atoms with van der Waals surface area (Å²) in [6.45, 7) is 1.10. The molecule has 1 aromatic carbocycles. The highest BCUT2D eigenvalue weighted by Crippen LogP contribution is 1.99. The summed E-state index contributed by atoms with van der Waals surface area (Å²) in [6.07, 6.45) is 0.400. The molecule has 0 aliphatic carbocycles. The summed E-state index contributed by atoms with van der Waals surface area (Å²) in [5.41, 5.74) is 6.04. The zero-order valence-electron chi connectivity index (χ0n) is 6.16. The van der Waals surface area contributed by atoms with E-state index in [4.69, 9.17) is 5.73 Å². The Kier molecular flexibility index (Phi) is 2.81. The zero-order valence-corrected chi connectivity index (χ0v) is 6.16. The molecule has 0 aromatic heterocycles. The Bertz CT molecular complexity index is 231. The fraction of sp³-hybridized carbons (Fsp3) is 0.111. The monoisotopic (exact) mass is 148 g/mol. The van der Waals surface area contributed by atoms with E-state index in [0.717, 1.165) is 12.1 Å². The molecule has 2 nitrogen and oxygen atoms in total. The Morgan fingerprint density at radius 3 is 2.55 bits per heavy atom. The molecule has 0 amide bonds. The van der Waals surface area contributed by atoms with E-state index < -0.39 is 0 Å². The molecule has 0 saturated heterocycles. The normalized spacial score (nSPS) is 9.55. The Morgan fingerprint density at radius 2 is 2.00 bits per heavy atom. The highest BCUT2D eigenvalue weighted by molar-refractivity contribution is 5.87. The number of rotatable bonds is 3. The van der Waals surface area contributed by atoms with Crippen LogP contribution in [0.15, 0.2) is 30.3 Å². The molecule has 1 rings (SSSR count). The van der Waals surface area contributed by atoms with E-state index in [1.165, 1.54) is 0 Å².